The van der Waals surface area contributed by atoms with Gasteiger partial charge in [-0.1, -0.05) is 23.5 Å². The molecular formula is C9H7BrN2OS. The van der Waals surface area contributed by atoms with Crippen molar-refractivity contribution < 1.29 is 5.11 Å². The molecule has 2 rings (SSSR count). The zero-order valence-electron chi connectivity index (χ0n) is 7.36. The topological polar surface area (TPSA) is 46.0 Å². The Bertz CT molecular complexity index is 470. The second-order valence-corrected chi connectivity index (χ2v) is 5.06. The van der Waals surface area contributed by atoms with Gasteiger partial charge in [-0.3, -0.25) is 0 Å². The normalized spacial score (nSPS) is 10.4. The highest BCUT2D eigenvalue weighted by molar-refractivity contribution is 9.11. The van der Waals surface area contributed by atoms with E-state index in [0.717, 1.165) is 20.1 Å². The molecule has 0 unspecified atom stereocenters. The van der Waals surface area contributed by atoms with E-state index in [1.54, 1.807) is 12.1 Å². The first-order chi connectivity index (χ1) is 6.68. The molecule has 14 heavy (non-hydrogen) atoms. The van der Waals surface area contributed by atoms with Crippen molar-refractivity contribution in [2.75, 3.05) is 0 Å². The molecule has 0 aliphatic heterocycles. The number of aromatic hydroxyl groups is 1. The van der Waals surface area contributed by atoms with Crippen LogP contribution in [0.15, 0.2) is 22.1 Å². The lowest BCUT2D eigenvalue weighted by Gasteiger charge is -2.02. The van der Waals surface area contributed by atoms with Crippen LogP contribution in [0.1, 0.15) is 5.56 Å². The van der Waals surface area contributed by atoms with Gasteiger partial charge in [0.05, 0.1) is 0 Å². The van der Waals surface area contributed by atoms with E-state index in [1.165, 1.54) is 11.3 Å². The molecule has 2 aromatic rings. The van der Waals surface area contributed by atoms with Gasteiger partial charge in [0.15, 0.2) is 3.92 Å². The Hall–Kier alpha value is -0.940. The molecule has 1 N–H and O–H groups in total. The second kappa shape index (κ2) is 3.67. The molecule has 1 aromatic heterocycles. The number of nitrogens with zero attached hydrogens (tertiary/aromatic N) is 2. The third kappa shape index (κ3) is 1.65. The standard InChI is InChI=1S/C9H7BrN2OS/c1-5-6(3-2-4-7(5)13)8-11-12-9(10)14-8/h2-4,13H,1H3. The van der Waals surface area contributed by atoms with Gasteiger partial charge in [-0.2, -0.15) is 0 Å². The van der Waals surface area contributed by atoms with Gasteiger partial charge < -0.3 is 5.11 Å². The van der Waals surface area contributed by atoms with Crippen LogP contribution in [0.5, 0.6) is 5.75 Å². The van der Waals surface area contributed by atoms with Crippen LogP contribution in [-0.2, 0) is 0 Å². The zero-order chi connectivity index (χ0) is 10.1. The lowest BCUT2D eigenvalue weighted by Crippen LogP contribution is -1.82. The van der Waals surface area contributed by atoms with E-state index in [4.69, 9.17) is 0 Å². The van der Waals surface area contributed by atoms with Crippen molar-refractivity contribution in [3.63, 3.8) is 0 Å². The minimum absolute atomic E-state index is 0.286. The number of benzene rings is 1. The summed E-state index contributed by atoms with van der Waals surface area (Å²) in [7, 11) is 0. The maximum Gasteiger partial charge on any atom is 0.183 e. The maximum atomic E-state index is 9.51. The second-order valence-electron chi connectivity index (χ2n) is 2.81. The summed E-state index contributed by atoms with van der Waals surface area (Å²) in [4.78, 5) is 0. The third-order valence-electron chi connectivity index (χ3n) is 1.94. The molecule has 0 saturated carbocycles. The number of halogens is 1. The quantitative estimate of drug-likeness (QED) is 0.867. The fourth-order valence-electron chi connectivity index (χ4n) is 1.17. The molecule has 0 saturated heterocycles. The van der Waals surface area contributed by atoms with Crippen LogP contribution in [0.3, 0.4) is 0 Å². The molecule has 0 bridgehead atoms. The Kier molecular flexibility index (Phi) is 2.52. The van der Waals surface area contributed by atoms with Crippen molar-refractivity contribution in [2.45, 2.75) is 6.92 Å². The van der Waals surface area contributed by atoms with Gasteiger partial charge in [0.2, 0.25) is 0 Å². The lowest BCUT2D eigenvalue weighted by atomic mass is 10.1. The number of hydrogen-bond donors (Lipinski definition) is 1. The fourth-order valence-corrected chi connectivity index (χ4v) is 2.36. The molecule has 1 heterocycles. The summed E-state index contributed by atoms with van der Waals surface area (Å²) in [5.41, 5.74) is 1.75. The summed E-state index contributed by atoms with van der Waals surface area (Å²) < 4.78 is 0.746. The third-order valence-corrected chi connectivity index (χ3v) is 3.33. The van der Waals surface area contributed by atoms with E-state index in [1.807, 2.05) is 13.0 Å². The molecule has 0 amide bonds. The van der Waals surface area contributed by atoms with E-state index >= 15 is 0 Å². The SMILES string of the molecule is Cc1c(O)cccc1-c1nnc(Br)s1. The summed E-state index contributed by atoms with van der Waals surface area (Å²) in [6.07, 6.45) is 0. The number of phenolic OH excluding ortho intramolecular Hbond substituents is 1. The van der Waals surface area contributed by atoms with E-state index in [9.17, 15) is 5.11 Å². The Morgan fingerprint density at radius 1 is 1.36 bits per heavy atom. The average molecular weight is 271 g/mol. The molecular weight excluding hydrogens is 264 g/mol. The largest absolute Gasteiger partial charge is 0.508 e. The van der Waals surface area contributed by atoms with Crippen LogP contribution in [-0.4, -0.2) is 15.3 Å². The molecule has 0 fully saturated rings. The van der Waals surface area contributed by atoms with Gasteiger partial charge in [-0.15, -0.1) is 10.2 Å². The summed E-state index contributed by atoms with van der Waals surface area (Å²) in [5, 5.41) is 18.2. The van der Waals surface area contributed by atoms with Gasteiger partial charge >= 0.3 is 0 Å². The van der Waals surface area contributed by atoms with Gasteiger partial charge in [-0.05, 0) is 28.9 Å². The predicted molar refractivity (Wildman–Crippen MR) is 59.4 cm³/mol. The van der Waals surface area contributed by atoms with Crippen molar-refractivity contribution in [3.8, 4) is 16.3 Å². The molecule has 0 atom stereocenters. The number of aromatic nitrogens is 2. The summed E-state index contributed by atoms with van der Waals surface area (Å²) in [6.45, 7) is 1.86. The molecule has 0 aliphatic rings. The first-order valence-electron chi connectivity index (χ1n) is 3.96. The van der Waals surface area contributed by atoms with Gasteiger partial charge in [0, 0.05) is 11.1 Å². The first-order valence-corrected chi connectivity index (χ1v) is 5.57. The van der Waals surface area contributed by atoms with E-state index in [2.05, 4.69) is 26.1 Å². The summed E-state index contributed by atoms with van der Waals surface area (Å²) >= 11 is 4.70. The number of rotatable bonds is 1. The minimum atomic E-state index is 0.286. The maximum absolute atomic E-state index is 9.51. The van der Waals surface area contributed by atoms with Crippen LogP contribution in [0.4, 0.5) is 0 Å². The van der Waals surface area contributed by atoms with Crippen molar-refractivity contribution in [3.05, 3.63) is 27.7 Å². The first kappa shape index (κ1) is 9.61. The van der Waals surface area contributed by atoms with Crippen molar-refractivity contribution in [2.24, 2.45) is 0 Å². The van der Waals surface area contributed by atoms with Crippen LogP contribution in [0.25, 0.3) is 10.6 Å². The molecule has 72 valence electrons. The van der Waals surface area contributed by atoms with E-state index in [0.29, 0.717) is 0 Å². The smallest absolute Gasteiger partial charge is 0.183 e. The van der Waals surface area contributed by atoms with Gasteiger partial charge in [0.25, 0.3) is 0 Å². The Morgan fingerprint density at radius 2 is 2.14 bits per heavy atom. The Labute approximate surface area is 93.6 Å². The van der Waals surface area contributed by atoms with E-state index in [-0.39, 0.29) is 5.75 Å². The highest BCUT2D eigenvalue weighted by Gasteiger charge is 2.09. The molecule has 0 spiro atoms. The zero-order valence-corrected chi connectivity index (χ0v) is 9.76. The summed E-state index contributed by atoms with van der Waals surface area (Å²) in [5.74, 6) is 0.286. The van der Waals surface area contributed by atoms with Crippen molar-refractivity contribution in [1.82, 2.24) is 10.2 Å². The van der Waals surface area contributed by atoms with Crippen LogP contribution in [0.2, 0.25) is 0 Å². The van der Waals surface area contributed by atoms with Crippen molar-refractivity contribution >= 4 is 27.3 Å². The molecule has 0 aliphatic carbocycles. The minimum Gasteiger partial charge on any atom is -0.508 e. The lowest BCUT2D eigenvalue weighted by molar-refractivity contribution is 0.471. The van der Waals surface area contributed by atoms with Gasteiger partial charge in [-0.25, -0.2) is 0 Å². The van der Waals surface area contributed by atoms with Gasteiger partial charge in [0.1, 0.15) is 10.8 Å². The van der Waals surface area contributed by atoms with E-state index < -0.39 is 0 Å². The Balaban J connectivity index is 2.57. The highest BCUT2D eigenvalue weighted by Crippen LogP contribution is 2.32. The molecule has 1 aromatic carbocycles. The Morgan fingerprint density at radius 3 is 2.79 bits per heavy atom. The number of hydrogen-bond acceptors (Lipinski definition) is 4. The average Bonchev–Trinajstić information content (AvgIpc) is 2.57. The fraction of sp³-hybridized carbons (Fsp3) is 0.111. The monoisotopic (exact) mass is 270 g/mol. The summed E-state index contributed by atoms with van der Waals surface area (Å²) in [6, 6.07) is 5.38. The molecule has 5 heteroatoms. The van der Waals surface area contributed by atoms with Crippen molar-refractivity contribution in [1.29, 1.82) is 0 Å². The van der Waals surface area contributed by atoms with Crippen LogP contribution >= 0.6 is 27.3 Å². The highest BCUT2D eigenvalue weighted by atomic mass is 79.9. The molecule has 0 radical (unpaired) electrons. The molecule has 3 nitrogen and oxygen atoms in total. The predicted octanol–water partition coefficient (Wildman–Crippen LogP) is 2.98. The number of phenols is 1. The van der Waals surface area contributed by atoms with Crippen LogP contribution in [0, 0.1) is 6.92 Å². The van der Waals surface area contributed by atoms with Crippen LogP contribution < -0.4 is 0 Å².